The van der Waals surface area contributed by atoms with E-state index in [1.807, 2.05) is 0 Å². The quantitative estimate of drug-likeness (QED) is 0.350. The molecule has 0 aromatic carbocycles. The molecular formula is C17H28N4O6. The molecule has 2 heterocycles. The number of rotatable bonds is 7. The van der Waals surface area contributed by atoms with Gasteiger partial charge in [-0.1, -0.05) is 0 Å². The number of nitrogens with one attached hydrogen (secondary N) is 1. The number of ketones is 1. The van der Waals surface area contributed by atoms with Crippen LogP contribution in [0.4, 0.5) is 0 Å². The molecule has 152 valence electrons. The molecule has 0 saturated carbocycles. The van der Waals surface area contributed by atoms with Gasteiger partial charge in [0.2, 0.25) is 11.8 Å². The Kier molecular flexibility index (Phi) is 6.23. The zero-order chi connectivity index (χ0) is 20.5. The van der Waals surface area contributed by atoms with Gasteiger partial charge in [-0.3, -0.25) is 19.2 Å². The second kappa shape index (κ2) is 7.91. The maximum Gasteiger partial charge on any atom is 0.250 e. The second-order valence-corrected chi connectivity index (χ2v) is 7.45. The zero-order valence-corrected chi connectivity index (χ0v) is 15.8. The number of hydrogen-bond acceptors (Lipinski definition) is 7. The molecule has 0 aromatic rings. The van der Waals surface area contributed by atoms with Gasteiger partial charge in [-0.25, -0.2) is 0 Å². The summed E-state index contributed by atoms with van der Waals surface area (Å²) < 4.78 is 0. The third kappa shape index (κ3) is 3.97. The predicted molar refractivity (Wildman–Crippen MR) is 94.2 cm³/mol. The van der Waals surface area contributed by atoms with Crippen LogP contribution in [0.25, 0.3) is 0 Å². The molecule has 3 amide bonds. The van der Waals surface area contributed by atoms with Crippen LogP contribution in [0.5, 0.6) is 0 Å². The Morgan fingerprint density at radius 1 is 1.26 bits per heavy atom. The van der Waals surface area contributed by atoms with Crippen LogP contribution in [0, 0.1) is 0 Å². The lowest BCUT2D eigenvalue weighted by Crippen LogP contribution is -2.75. The number of likely N-dealkylation sites (tertiary alicyclic amines) is 2. The van der Waals surface area contributed by atoms with Crippen molar-refractivity contribution in [2.45, 2.75) is 63.4 Å². The maximum absolute atomic E-state index is 12.7. The summed E-state index contributed by atoms with van der Waals surface area (Å²) in [6.07, 6.45) is -0.962. The fourth-order valence-electron chi connectivity index (χ4n) is 3.71. The minimum absolute atomic E-state index is 0.191. The van der Waals surface area contributed by atoms with Crippen LogP contribution in [-0.2, 0) is 19.2 Å². The number of β-lactam (4-membered cyclic amide) rings is 1. The van der Waals surface area contributed by atoms with Gasteiger partial charge in [-0.15, -0.1) is 0 Å². The normalized spacial score (nSPS) is 26.4. The molecule has 2 aliphatic rings. The van der Waals surface area contributed by atoms with E-state index in [2.05, 4.69) is 5.32 Å². The number of carbonyl (C=O) groups excluding carboxylic acids is 4. The number of nitrogens with two attached hydrogens (primary N) is 1. The second-order valence-electron chi connectivity index (χ2n) is 7.45. The Bertz CT molecular complexity index is 637. The van der Waals surface area contributed by atoms with Crippen LogP contribution in [0.3, 0.4) is 0 Å². The number of nitrogens with zero attached hydrogens (tertiary/aromatic N) is 2. The molecule has 27 heavy (non-hydrogen) atoms. The molecule has 10 nitrogen and oxygen atoms in total. The molecule has 10 heteroatoms. The minimum atomic E-state index is -1.10. The summed E-state index contributed by atoms with van der Waals surface area (Å²) in [7, 11) is 0. The van der Waals surface area contributed by atoms with E-state index < -0.39 is 41.6 Å². The fourth-order valence-corrected chi connectivity index (χ4v) is 3.71. The van der Waals surface area contributed by atoms with Gasteiger partial charge < -0.3 is 31.1 Å². The first-order valence-corrected chi connectivity index (χ1v) is 9.03. The Labute approximate surface area is 157 Å². The fraction of sp³-hybridized carbons (Fsp3) is 0.765. The van der Waals surface area contributed by atoms with Crippen molar-refractivity contribution < 1.29 is 29.4 Å². The number of amides is 3. The van der Waals surface area contributed by atoms with Crippen molar-refractivity contribution in [3.05, 3.63) is 0 Å². The van der Waals surface area contributed by atoms with Crippen molar-refractivity contribution in [3.63, 3.8) is 0 Å². The average Bonchev–Trinajstić information content (AvgIpc) is 3.03. The molecule has 1 spiro atoms. The van der Waals surface area contributed by atoms with Gasteiger partial charge >= 0.3 is 0 Å². The van der Waals surface area contributed by atoms with Crippen molar-refractivity contribution in [3.8, 4) is 0 Å². The number of Topliss-reactive ketones (excluding diaryl/α,β-unsaturated/α-hetero) is 1. The van der Waals surface area contributed by atoms with Gasteiger partial charge in [-0.05, 0) is 33.6 Å². The molecule has 0 aromatic heterocycles. The first-order valence-electron chi connectivity index (χ1n) is 9.03. The summed E-state index contributed by atoms with van der Waals surface area (Å²) in [5, 5.41) is 21.5. The number of carbonyl (C=O) groups is 4. The monoisotopic (exact) mass is 384 g/mol. The lowest BCUT2D eigenvalue weighted by Gasteiger charge is -2.51. The Morgan fingerprint density at radius 3 is 2.37 bits per heavy atom. The largest absolute Gasteiger partial charge is 0.391 e. The molecule has 5 unspecified atom stereocenters. The highest BCUT2D eigenvalue weighted by molar-refractivity contribution is 6.00. The first-order chi connectivity index (χ1) is 12.5. The topological polar surface area (TPSA) is 153 Å². The summed E-state index contributed by atoms with van der Waals surface area (Å²) in [6, 6.07) is -2.14. The van der Waals surface area contributed by atoms with Gasteiger partial charge in [0.05, 0.1) is 25.3 Å². The molecule has 2 rings (SSSR count). The van der Waals surface area contributed by atoms with Crippen molar-refractivity contribution in [1.29, 1.82) is 0 Å². The Hall–Kier alpha value is -2.04. The summed E-state index contributed by atoms with van der Waals surface area (Å²) in [6.45, 7) is 4.37. The van der Waals surface area contributed by atoms with E-state index in [9.17, 15) is 29.4 Å². The van der Waals surface area contributed by atoms with Crippen LogP contribution >= 0.6 is 0 Å². The predicted octanol–water partition coefficient (Wildman–Crippen LogP) is -2.65. The smallest absolute Gasteiger partial charge is 0.250 e. The van der Waals surface area contributed by atoms with Gasteiger partial charge in [0.1, 0.15) is 17.6 Å². The number of hydrogen-bond donors (Lipinski definition) is 4. The third-order valence-electron chi connectivity index (χ3n) is 5.27. The number of aliphatic hydroxyl groups excluding tert-OH is 2. The third-order valence-corrected chi connectivity index (χ3v) is 5.27. The highest BCUT2D eigenvalue weighted by atomic mass is 16.3. The lowest BCUT2D eigenvalue weighted by molar-refractivity contribution is -0.170. The summed E-state index contributed by atoms with van der Waals surface area (Å²) >= 11 is 0. The van der Waals surface area contributed by atoms with E-state index in [4.69, 9.17) is 5.73 Å². The van der Waals surface area contributed by atoms with Gasteiger partial charge in [0, 0.05) is 6.54 Å². The molecular weight excluding hydrogens is 356 g/mol. The molecule has 0 bridgehead atoms. The molecule has 5 N–H and O–H groups in total. The molecule has 5 atom stereocenters. The van der Waals surface area contributed by atoms with E-state index >= 15 is 0 Å². The molecule has 0 aliphatic carbocycles. The van der Waals surface area contributed by atoms with Crippen molar-refractivity contribution in [1.82, 2.24) is 15.1 Å². The van der Waals surface area contributed by atoms with Crippen molar-refractivity contribution in [2.75, 3.05) is 19.6 Å². The first kappa shape index (κ1) is 21.3. The van der Waals surface area contributed by atoms with Gasteiger partial charge in [-0.2, -0.15) is 0 Å². The van der Waals surface area contributed by atoms with Crippen molar-refractivity contribution in [2.24, 2.45) is 5.73 Å². The summed E-state index contributed by atoms with van der Waals surface area (Å²) in [4.78, 5) is 51.5. The standard InChI is InChI=1S/C17H28N4O6/c1-9(22)13(18)15(26)21-6-4-5-17(21)8-20(16(17)27)7-12(25)19-14(10(2)23)11(3)24/h9-10,13-14,22-23H,4-8,18H2,1-3H3,(H,19,25). The minimum Gasteiger partial charge on any atom is -0.391 e. The van der Waals surface area contributed by atoms with E-state index in [1.54, 1.807) is 0 Å². The Morgan fingerprint density at radius 2 is 1.89 bits per heavy atom. The highest BCUT2D eigenvalue weighted by Crippen LogP contribution is 2.39. The average molecular weight is 384 g/mol. The van der Waals surface area contributed by atoms with Crippen LogP contribution < -0.4 is 11.1 Å². The van der Waals surface area contributed by atoms with E-state index in [-0.39, 0.29) is 24.8 Å². The van der Waals surface area contributed by atoms with Gasteiger partial charge in [0.25, 0.3) is 5.91 Å². The summed E-state index contributed by atoms with van der Waals surface area (Å²) in [5.74, 6) is -1.77. The maximum atomic E-state index is 12.7. The van der Waals surface area contributed by atoms with E-state index in [0.29, 0.717) is 19.4 Å². The Balaban J connectivity index is 2.00. The van der Waals surface area contributed by atoms with E-state index in [0.717, 1.165) is 0 Å². The zero-order valence-electron chi connectivity index (χ0n) is 15.8. The summed E-state index contributed by atoms with van der Waals surface area (Å²) in [5.41, 5.74) is 4.72. The molecule has 2 fully saturated rings. The van der Waals surface area contributed by atoms with Crippen LogP contribution in [-0.4, -0.2) is 93.0 Å². The van der Waals surface area contributed by atoms with Gasteiger partial charge in [0.15, 0.2) is 5.78 Å². The molecule has 2 saturated heterocycles. The van der Waals surface area contributed by atoms with E-state index in [1.165, 1.54) is 30.6 Å². The van der Waals surface area contributed by atoms with Crippen LogP contribution in [0.1, 0.15) is 33.6 Å². The van der Waals surface area contributed by atoms with Crippen LogP contribution in [0.15, 0.2) is 0 Å². The van der Waals surface area contributed by atoms with Crippen molar-refractivity contribution >= 4 is 23.5 Å². The number of aliphatic hydroxyl groups is 2. The lowest BCUT2D eigenvalue weighted by atomic mass is 9.85. The molecule has 2 aliphatic heterocycles. The van der Waals surface area contributed by atoms with Crippen LogP contribution in [0.2, 0.25) is 0 Å². The molecule has 0 radical (unpaired) electrons. The highest BCUT2D eigenvalue weighted by Gasteiger charge is 2.60. The SMILES string of the molecule is CC(=O)C(NC(=O)CN1CC2(CCCN2C(=O)C(N)C(C)O)C1=O)C(C)O.